The Labute approximate surface area is 78.3 Å². The van der Waals surface area contributed by atoms with Crippen LogP contribution in [-0.4, -0.2) is 29.0 Å². The number of alkyl halides is 1. The van der Waals surface area contributed by atoms with E-state index >= 15 is 0 Å². The first-order chi connectivity index (χ1) is 4.79. The summed E-state index contributed by atoms with van der Waals surface area (Å²) in [5, 5.41) is 0. The lowest BCUT2D eigenvalue weighted by Crippen LogP contribution is -2.31. The van der Waals surface area contributed by atoms with Crippen LogP contribution in [0.3, 0.4) is 0 Å². The molecular weight excluding hydrogens is 237 g/mol. The lowest BCUT2D eigenvalue weighted by atomic mass is 10.1. The van der Waals surface area contributed by atoms with Crippen molar-refractivity contribution in [2.75, 3.05) is 20.1 Å². The van der Waals surface area contributed by atoms with Crippen LogP contribution in [0.4, 0.5) is 0 Å². The van der Waals surface area contributed by atoms with Gasteiger partial charge in [0.1, 0.15) is 0 Å². The first-order valence-corrected chi connectivity index (χ1v) is 5.36. The first kappa shape index (κ1) is 10.7. The predicted molar refractivity (Wildman–Crippen MR) is 55.9 cm³/mol. The van der Waals surface area contributed by atoms with Crippen LogP contribution in [0, 0.1) is 0 Å². The molecule has 0 saturated carbocycles. The number of halogens is 1. The third-order valence-corrected chi connectivity index (χ3v) is 2.58. The van der Waals surface area contributed by atoms with E-state index in [9.17, 15) is 0 Å². The van der Waals surface area contributed by atoms with Crippen LogP contribution >= 0.6 is 22.6 Å². The lowest BCUT2D eigenvalue weighted by molar-refractivity contribution is 0.288. The average molecular weight is 255 g/mol. The fourth-order valence-corrected chi connectivity index (χ4v) is 2.22. The Morgan fingerprint density at radius 1 is 1.40 bits per heavy atom. The van der Waals surface area contributed by atoms with Crippen LogP contribution in [-0.2, 0) is 0 Å². The van der Waals surface area contributed by atoms with Crippen molar-refractivity contribution in [2.45, 2.75) is 30.6 Å². The van der Waals surface area contributed by atoms with Gasteiger partial charge in [0.05, 0.1) is 0 Å². The van der Waals surface area contributed by atoms with E-state index in [1.807, 2.05) is 13.8 Å². The maximum absolute atomic E-state index is 2.53. The van der Waals surface area contributed by atoms with Gasteiger partial charge >= 0.3 is 0 Å². The number of hydrogen-bond donors (Lipinski definition) is 0. The van der Waals surface area contributed by atoms with Gasteiger partial charge < -0.3 is 4.90 Å². The summed E-state index contributed by atoms with van der Waals surface area (Å²) < 4.78 is 0.909. The normalized spacial score (nSPS) is 27.0. The maximum Gasteiger partial charge on any atom is 0.0237 e. The van der Waals surface area contributed by atoms with Crippen molar-refractivity contribution in [3.8, 4) is 0 Å². The minimum absolute atomic E-state index is 0.909. The summed E-state index contributed by atoms with van der Waals surface area (Å²) in [4.78, 5) is 2.40. The molecule has 0 spiro atoms. The van der Waals surface area contributed by atoms with Gasteiger partial charge in [-0.3, -0.25) is 0 Å². The Morgan fingerprint density at radius 3 is 2.30 bits per heavy atom. The summed E-state index contributed by atoms with van der Waals surface area (Å²) in [6.45, 7) is 6.60. The van der Waals surface area contributed by atoms with Crippen LogP contribution < -0.4 is 0 Å². The molecule has 0 N–H and O–H groups in total. The van der Waals surface area contributed by atoms with Crippen molar-refractivity contribution in [2.24, 2.45) is 0 Å². The molecule has 0 bridgehead atoms. The summed E-state index contributed by atoms with van der Waals surface area (Å²) in [6.07, 6.45) is 2.81. The van der Waals surface area contributed by atoms with Crippen LogP contribution in [0.2, 0.25) is 0 Å². The Kier molecular flexibility index (Phi) is 6.85. The van der Waals surface area contributed by atoms with Crippen LogP contribution in [0.25, 0.3) is 0 Å². The zero-order chi connectivity index (χ0) is 7.98. The molecule has 0 radical (unpaired) electrons. The molecule has 1 saturated heterocycles. The minimum atomic E-state index is 0.909. The molecule has 1 heterocycles. The monoisotopic (exact) mass is 255 g/mol. The first-order valence-electron chi connectivity index (χ1n) is 4.11. The molecule has 1 rings (SSSR count). The van der Waals surface area contributed by atoms with Crippen molar-refractivity contribution in [3.05, 3.63) is 0 Å². The van der Waals surface area contributed by atoms with E-state index in [4.69, 9.17) is 0 Å². The van der Waals surface area contributed by atoms with E-state index in [2.05, 4.69) is 34.5 Å². The van der Waals surface area contributed by atoms with E-state index in [0.717, 1.165) is 3.92 Å². The molecular formula is C8H18IN. The number of piperidine rings is 1. The van der Waals surface area contributed by atoms with Gasteiger partial charge in [-0.05, 0) is 26.4 Å². The average Bonchev–Trinajstić information content (AvgIpc) is 1.91. The SMILES string of the molecule is CC.CN1CCCC(I)C1. The van der Waals surface area contributed by atoms with Crippen molar-refractivity contribution < 1.29 is 0 Å². The second-order valence-electron chi connectivity index (χ2n) is 2.50. The molecule has 0 amide bonds. The standard InChI is InChI=1S/C6H12IN.C2H6/c1-8-4-2-3-6(7)5-8;1-2/h6H,2-5H2,1H3;1-2H3. The topological polar surface area (TPSA) is 3.24 Å². The Hall–Kier alpha value is 0.690. The van der Waals surface area contributed by atoms with Crippen molar-refractivity contribution in [1.82, 2.24) is 4.90 Å². The van der Waals surface area contributed by atoms with E-state index in [1.54, 1.807) is 0 Å². The third-order valence-electron chi connectivity index (χ3n) is 1.57. The van der Waals surface area contributed by atoms with E-state index < -0.39 is 0 Å². The molecule has 1 nitrogen and oxygen atoms in total. The molecule has 1 atom stereocenters. The quantitative estimate of drug-likeness (QED) is 0.475. The van der Waals surface area contributed by atoms with Crippen LogP contribution in [0.15, 0.2) is 0 Å². The molecule has 0 aromatic carbocycles. The smallest absolute Gasteiger partial charge is 0.0237 e. The van der Waals surface area contributed by atoms with Crippen molar-refractivity contribution >= 4 is 22.6 Å². The fourth-order valence-electron chi connectivity index (χ4n) is 1.10. The minimum Gasteiger partial charge on any atom is -0.305 e. The fraction of sp³-hybridized carbons (Fsp3) is 1.00. The molecule has 1 aliphatic rings. The van der Waals surface area contributed by atoms with E-state index in [-0.39, 0.29) is 0 Å². The van der Waals surface area contributed by atoms with E-state index in [1.165, 1.54) is 25.9 Å². The van der Waals surface area contributed by atoms with Crippen LogP contribution in [0.1, 0.15) is 26.7 Å². The number of likely N-dealkylation sites (tertiary alicyclic amines) is 1. The van der Waals surface area contributed by atoms with Gasteiger partial charge in [-0.15, -0.1) is 0 Å². The van der Waals surface area contributed by atoms with Gasteiger partial charge in [0, 0.05) is 10.5 Å². The third kappa shape index (κ3) is 4.50. The maximum atomic E-state index is 2.53. The number of rotatable bonds is 0. The molecule has 10 heavy (non-hydrogen) atoms. The number of nitrogens with zero attached hydrogens (tertiary/aromatic N) is 1. The Balaban J connectivity index is 0.000000371. The second-order valence-corrected chi connectivity index (χ2v) is 4.26. The van der Waals surface area contributed by atoms with Gasteiger partial charge in [0.25, 0.3) is 0 Å². The van der Waals surface area contributed by atoms with Gasteiger partial charge in [-0.2, -0.15) is 0 Å². The highest BCUT2D eigenvalue weighted by Gasteiger charge is 2.12. The van der Waals surface area contributed by atoms with Crippen molar-refractivity contribution in [3.63, 3.8) is 0 Å². The molecule has 1 aliphatic heterocycles. The molecule has 1 unspecified atom stereocenters. The highest BCUT2D eigenvalue weighted by Crippen LogP contribution is 2.15. The summed E-state index contributed by atoms with van der Waals surface area (Å²) in [5.74, 6) is 0. The summed E-state index contributed by atoms with van der Waals surface area (Å²) in [5.41, 5.74) is 0. The molecule has 0 aliphatic carbocycles. The van der Waals surface area contributed by atoms with Gasteiger partial charge in [-0.25, -0.2) is 0 Å². The number of hydrogen-bond acceptors (Lipinski definition) is 1. The molecule has 1 fully saturated rings. The molecule has 2 heteroatoms. The highest BCUT2D eigenvalue weighted by atomic mass is 127. The van der Waals surface area contributed by atoms with Gasteiger partial charge in [-0.1, -0.05) is 36.4 Å². The summed E-state index contributed by atoms with van der Waals surface area (Å²) >= 11 is 2.53. The zero-order valence-corrected chi connectivity index (χ0v) is 9.39. The van der Waals surface area contributed by atoms with Gasteiger partial charge in [0.2, 0.25) is 0 Å². The van der Waals surface area contributed by atoms with E-state index in [0.29, 0.717) is 0 Å². The molecule has 0 aromatic heterocycles. The van der Waals surface area contributed by atoms with Crippen LogP contribution in [0.5, 0.6) is 0 Å². The lowest BCUT2D eigenvalue weighted by Gasteiger charge is -2.25. The summed E-state index contributed by atoms with van der Waals surface area (Å²) in [6, 6.07) is 0. The summed E-state index contributed by atoms with van der Waals surface area (Å²) in [7, 11) is 2.20. The second kappa shape index (κ2) is 6.40. The Morgan fingerprint density at radius 2 is 2.00 bits per heavy atom. The van der Waals surface area contributed by atoms with Gasteiger partial charge in [0.15, 0.2) is 0 Å². The zero-order valence-electron chi connectivity index (χ0n) is 7.23. The molecule has 0 aromatic rings. The highest BCUT2D eigenvalue weighted by molar-refractivity contribution is 14.1. The van der Waals surface area contributed by atoms with Crippen molar-refractivity contribution in [1.29, 1.82) is 0 Å². The predicted octanol–water partition coefficient (Wildman–Crippen LogP) is 2.54. The largest absolute Gasteiger partial charge is 0.305 e. The molecule has 62 valence electrons. The Bertz CT molecular complexity index is 67.7.